The second-order valence-corrected chi connectivity index (χ2v) is 4.60. The highest BCUT2D eigenvalue weighted by atomic mass is 16.5. The first-order chi connectivity index (χ1) is 8.63. The third-order valence-corrected chi connectivity index (χ3v) is 3.22. The number of hydrogen-bond acceptors (Lipinski definition) is 3. The summed E-state index contributed by atoms with van der Waals surface area (Å²) in [5.41, 5.74) is 2.48. The van der Waals surface area contributed by atoms with E-state index in [2.05, 4.69) is 44.1 Å². The highest BCUT2D eigenvalue weighted by molar-refractivity contribution is 5.38. The van der Waals surface area contributed by atoms with Gasteiger partial charge in [-0.25, -0.2) is 0 Å². The van der Waals surface area contributed by atoms with Crippen LogP contribution in [0.4, 0.5) is 0 Å². The van der Waals surface area contributed by atoms with Crippen molar-refractivity contribution in [2.24, 2.45) is 0 Å². The van der Waals surface area contributed by atoms with Crippen molar-refractivity contribution in [1.29, 1.82) is 5.26 Å². The zero-order chi connectivity index (χ0) is 13.5. The molecule has 0 aliphatic heterocycles. The van der Waals surface area contributed by atoms with Crippen LogP contribution in [0.5, 0.6) is 5.75 Å². The molecule has 98 valence electrons. The van der Waals surface area contributed by atoms with Crippen molar-refractivity contribution in [3.63, 3.8) is 0 Å². The van der Waals surface area contributed by atoms with Crippen LogP contribution < -0.4 is 4.74 Å². The average Bonchev–Trinajstić information content (AvgIpc) is 2.38. The Morgan fingerprint density at radius 1 is 1.39 bits per heavy atom. The topological polar surface area (TPSA) is 36.3 Å². The molecular formula is C15H22N2O. The van der Waals surface area contributed by atoms with Gasteiger partial charge in [-0.15, -0.1) is 0 Å². The Labute approximate surface area is 110 Å². The van der Waals surface area contributed by atoms with Crippen LogP contribution in [-0.4, -0.2) is 26.1 Å². The third kappa shape index (κ3) is 3.48. The van der Waals surface area contributed by atoms with Crippen molar-refractivity contribution in [2.75, 3.05) is 21.2 Å². The minimum Gasteiger partial charge on any atom is -0.496 e. The fourth-order valence-corrected chi connectivity index (χ4v) is 2.21. The number of methoxy groups -OCH3 is 1. The molecule has 0 spiro atoms. The van der Waals surface area contributed by atoms with Gasteiger partial charge in [-0.05, 0) is 44.1 Å². The Balaban J connectivity index is 3.02. The predicted molar refractivity (Wildman–Crippen MR) is 73.6 cm³/mol. The molecule has 0 heterocycles. The molecule has 0 radical (unpaired) electrons. The SMILES string of the molecule is CCc1cc(C(CCC#N)N(C)C)ccc1OC. The molecule has 3 heteroatoms. The summed E-state index contributed by atoms with van der Waals surface area (Å²) in [5.74, 6) is 0.944. The van der Waals surface area contributed by atoms with Crippen molar-refractivity contribution in [2.45, 2.75) is 32.2 Å². The van der Waals surface area contributed by atoms with Gasteiger partial charge in [0.05, 0.1) is 13.2 Å². The van der Waals surface area contributed by atoms with Gasteiger partial charge in [-0.3, -0.25) is 0 Å². The van der Waals surface area contributed by atoms with Crippen molar-refractivity contribution in [3.8, 4) is 11.8 Å². The first kappa shape index (κ1) is 14.5. The van der Waals surface area contributed by atoms with E-state index in [1.54, 1.807) is 7.11 Å². The van der Waals surface area contributed by atoms with Crippen LogP contribution in [0.2, 0.25) is 0 Å². The van der Waals surface area contributed by atoms with Gasteiger partial charge in [0.1, 0.15) is 5.75 Å². The van der Waals surface area contributed by atoms with E-state index in [9.17, 15) is 0 Å². The molecule has 0 aliphatic rings. The lowest BCUT2D eigenvalue weighted by molar-refractivity contribution is 0.285. The summed E-state index contributed by atoms with van der Waals surface area (Å²) in [6.07, 6.45) is 2.39. The quantitative estimate of drug-likeness (QED) is 0.773. The Bertz CT molecular complexity index is 421. The summed E-state index contributed by atoms with van der Waals surface area (Å²) < 4.78 is 5.35. The maximum absolute atomic E-state index is 8.74. The summed E-state index contributed by atoms with van der Waals surface area (Å²) in [6, 6.07) is 8.83. The maximum atomic E-state index is 8.74. The summed E-state index contributed by atoms with van der Waals surface area (Å²) in [5, 5.41) is 8.74. The Kier molecular flexibility index (Phi) is 5.67. The molecule has 1 atom stereocenters. The van der Waals surface area contributed by atoms with E-state index >= 15 is 0 Å². The molecule has 0 saturated carbocycles. The lowest BCUT2D eigenvalue weighted by atomic mass is 9.98. The maximum Gasteiger partial charge on any atom is 0.122 e. The Morgan fingerprint density at radius 2 is 2.11 bits per heavy atom. The Hall–Kier alpha value is -1.53. The predicted octanol–water partition coefficient (Wildman–Crippen LogP) is 3.16. The van der Waals surface area contributed by atoms with Gasteiger partial charge in [-0.2, -0.15) is 5.26 Å². The number of ether oxygens (including phenoxy) is 1. The van der Waals surface area contributed by atoms with Crippen LogP contribution in [0.15, 0.2) is 18.2 Å². The lowest BCUT2D eigenvalue weighted by Gasteiger charge is -2.24. The molecule has 0 bridgehead atoms. The van der Waals surface area contributed by atoms with E-state index in [-0.39, 0.29) is 0 Å². The van der Waals surface area contributed by atoms with Crippen molar-refractivity contribution >= 4 is 0 Å². The van der Waals surface area contributed by atoms with Crippen LogP contribution in [0.1, 0.15) is 36.9 Å². The summed E-state index contributed by atoms with van der Waals surface area (Å²) in [6.45, 7) is 2.13. The summed E-state index contributed by atoms with van der Waals surface area (Å²) in [4.78, 5) is 2.17. The van der Waals surface area contributed by atoms with E-state index in [1.165, 1.54) is 11.1 Å². The summed E-state index contributed by atoms with van der Waals surface area (Å²) >= 11 is 0. The van der Waals surface area contributed by atoms with E-state index in [0.717, 1.165) is 18.6 Å². The van der Waals surface area contributed by atoms with Crippen LogP contribution in [0.25, 0.3) is 0 Å². The summed E-state index contributed by atoms with van der Waals surface area (Å²) in [7, 11) is 5.81. The minimum absolute atomic E-state index is 0.292. The smallest absolute Gasteiger partial charge is 0.122 e. The van der Waals surface area contributed by atoms with Crippen LogP contribution in [0.3, 0.4) is 0 Å². The second-order valence-electron chi connectivity index (χ2n) is 4.60. The van der Waals surface area contributed by atoms with E-state index in [1.807, 2.05) is 6.07 Å². The largest absolute Gasteiger partial charge is 0.496 e. The number of nitrogens with zero attached hydrogens (tertiary/aromatic N) is 2. The van der Waals surface area contributed by atoms with Gasteiger partial charge in [0, 0.05) is 12.5 Å². The number of rotatable bonds is 6. The molecule has 1 aromatic rings. The first-order valence-electron chi connectivity index (χ1n) is 6.34. The van der Waals surface area contributed by atoms with Gasteiger partial charge in [-0.1, -0.05) is 19.1 Å². The normalized spacial score (nSPS) is 12.2. The van der Waals surface area contributed by atoms with Gasteiger partial charge in [0.15, 0.2) is 0 Å². The molecule has 1 aromatic carbocycles. The number of hydrogen-bond donors (Lipinski definition) is 0. The van der Waals surface area contributed by atoms with Crippen molar-refractivity contribution < 1.29 is 4.74 Å². The standard InChI is InChI=1S/C15H22N2O/c1-5-12-11-13(8-9-15(12)18-4)14(17(2)3)7-6-10-16/h8-9,11,14H,5-7H2,1-4H3. The zero-order valence-corrected chi connectivity index (χ0v) is 11.7. The van der Waals surface area contributed by atoms with Crippen LogP contribution in [-0.2, 0) is 6.42 Å². The lowest BCUT2D eigenvalue weighted by Crippen LogP contribution is -2.20. The van der Waals surface area contributed by atoms with E-state index < -0.39 is 0 Å². The molecule has 0 aromatic heterocycles. The molecule has 0 N–H and O–H groups in total. The third-order valence-electron chi connectivity index (χ3n) is 3.22. The molecule has 3 nitrogen and oxygen atoms in total. The average molecular weight is 246 g/mol. The number of benzene rings is 1. The number of aryl methyl sites for hydroxylation is 1. The fourth-order valence-electron chi connectivity index (χ4n) is 2.21. The molecular weight excluding hydrogens is 224 g/mol. The van der Waals surface area contributed by atoms with E-state index in [0.29, 0.717) is 12.5 Å². The monoisotopic (exact) mass is 246 g/mol. The van der Waals surface area contributed by atoms with Crippen LogP contribution >= 0.6 is 0 Å². The highest BCUT2D eigenvalue weighted by Crippen LogP contribution is 2.28. The molecule has 1 rings (SSSR count). The fraction of sp³-hybridized carbons (Fsp3) is 0.533. The molecule has 0 fully saturated rings. The molecule has 0 amide bonds. The minimum atomic E-state index is 0.292. The van der Waals surface area contributed by atoms with Crippen molar-refractivity contribution in [1.82, 2.24) is 4.90 Å². The zero-order valence-electron chi connectivity index (χ0n) is 11.7. The molecule has 18 heavy (non-hydrogen) atoms. The van der Waals surface area contributed by atoms with E-state index in [4.69, 9.17) is 10.00 Å². The van der Waals surface area contributed by atoms with Crippen molar-refractivity contribution in [3.05, 3.63) is 29.3 Å². The molecule has 0 saturated heterocycles. The second kappa shape index (κ2) is 7.03. The molecule has 0 aliphatic carbocycles. The highest BCUT2D eigenvalue weighted by Gasteiger charge is 2.15. The van der Waals surface area contributed by atoms with Gasteiger partial charge in [0.2, 0.25) is 0 Å². The van der Waals surface area contributed by atoms with Gasteiger partial charge >= 0.3 is 0 Å². The first-order valence-corrected chi connectivity index (χ1v) is 6.34. The molecule has 1 unspecified atom stereocenters. The number of nitriles is 1. The van der Waals surface area contributed by atoms with Crippen LogP contribution in [0, 0.1) is 11.3 Å². The Morgan fingerprint density at radius 3 is 2.61 bits per heavy atom. The van der Waals surface area contributed by atoms with Gasteiger partial charge in [0.25, 0.3) is 0 Å². The van der Waals surface area contributed by atoms with Gasteiger partial charge < -0.3 is 9.64 Å².